The maximum Gasteiger partial charge on any atom is 0.262 e. The number of hydrogen-bond donors (Lipinski definition) is 2. The number of aryl methyl sites for hydroxylation is 1. The van der Waals surface area contributed by atoms with E-state index in [1.807, 2.05) is 13.8 Å². The van der Waals surface area contributed by atoms with E-state index in [-0.39, 0.29) is 29.6 Å². The molecule has 0 saturated heterocycles. The van der Waals surface area contributed by atoms with Crippen molar-refractivity contribution < 1.29 is 14.3 Å². The zero-order valence-corrected chi connectivity index (χ0v) is 16.1. The zero-order valence-electron chi connectivity index (χ0n) is 15.3. The van der Waals surface area contributed by atoms with Gasteiger partial charge in [-0.2, -0.15) is 0 Å². The quantitative estimate of drug-likeness (QED) is 0.430. The second-order valence-corrected chi connectivity index (χ2v) is 7.12. The number of carbonyl (C=O) groups excluding carboxylic acids is 2. The minimum absolute atomic E-state index is 0.0248. The first-order chi connectivity index (χ1) is 13.0. The summed E-state index contributed by atoms with van der Waals surface area (Å²) in [7, 11) is 0. The molecule has 1 aromatic heterocycles. The van der Waals surface area contributed by atoms with Crippen LogP contribution in [0.3, 0.4) is 0 Å². The Morgan fingerprint density at radius 2 is 2.11 bits per heavy atom. The first kappa shape index (κ1) is 19.2. The van der Waals surface area contributed by atoms with E-state index in [1.165, 1.54) is 11.8 Å². The van der Waals surface area contributed by atoms with Gasteiger partial charge < -0.3 is 15.0 Å². The molecule has 0 saturated carbocycles. The van der Waals surface area contributed by atoms with Crippen LogP contribution in [0.1, 0.15) is 41.9 Å². The number of nitrogens with zero attached hydrogens (tertiary/aromatic N) is 1. The summed E-state index contributed by atoms with van der Waals surface area (Å²) in [5, 5.41) is 3.14. The molecule has 0 fully saturated rings. The third-order valence-electron chi connectivity index (χ3n) is 4.19. The molecular weight excluding hydrogens is 366 g/mol. The summed E-state index contributed by atoms with van der Waals surface area (Å²) >= 11 is 1.20. The summed E-state index contributed by atoms with van der Waals surface area (Å²) in [6.07, 6.45) is 2.26. The molecular formula is C19H21N3O4S. The SMILES string of the molecule is CCCc1nc(SCC(=O)c2ccc3c(c2)NC(=O)CO3)[nH]c(=O)c1CC. The van der Waals surface area contributed by atoms with Crippen LogP contribution in [0.2, 0.25) is 0 Å². The molecule has 27 heavy (non-hydrogen) atoms. The molecule has 7 nitrogen and oxygen atoms in total. The van der Waals surface area contributed by atoms with E-state index in [1.54, 1.807) is 18.2 Å². The minimum atomic E-state index is -0.247. The lowest BCUT2D eigenvalue weighted by Gasteiger charge is -2.18. The fourth-order valence-corrected chi connectivity index (χ4v) is 3.65. The predicted molar refractivity (Wildman–Crippen MR) is 104 cm³/mol. The highest BCUT2D eigenvalue weighted by Gasteiger charge is 2.18. The topological polar surface area (TPSA) is 101 Å². The highest BCUT2D eigenvalue weighted by molar-refractivity contribution is 7.99. The van der Waals surface area contributed by atoms with Crippen molar-refractivity contribution >= 4 is 29.1 Å². The third kappa shape index (κ3) is 4.39. The van der Waals surface area contributed by atoms with Crippen LogP contribution >= 0.6 is 11.8 Å². The molecule has 2 N–H and O–H groups in total. The van der Waals surface area contributed by atoms with Gasteiger partial charge in [0, 0.05) is 11.1 Å². The van der Waals surface area contributed by atoms with E-state index < -0.39 is 0 Å². The average molecular weight is 387 g/mol. The average Bonchev–Trinajstić information content (AvgIpc) is 2.65. The van der Waals surface area contributed by atoms with Gasteiger partial charge in [0.15, 0.2) is 17.5 Å². The van der Waals surface area contributed by atoms with Crippen LogP contribution in [-0.2, 0) is 17.6 Å². The van der Waals surface area contributed by atoms with Gasteiger partial charge in [-0.3, -0.25) is 14.4 Å². The van der Waals surface area contributed by atoms with E-state index in [0.717, 1.165) is 18.5 Å². The molecule has 0 bridgehead atoms. The number of aromatic nitrogens is 2. The Morgan fingerprint density at radius 1 is 1.30 bits per heavy atom. The fraction of sp³-hybridized carbons (Fsp3) is 0.368. The van der Waals surface area contributed by atoms with Gasteiger partial charge in [0.1, 0.15) is 5.75 Å². The van der Waals surface area contributed by atoms with Crippen molar-refractivity contribution in [2.45, 2.75) is 38.3 Å². The number of nitrogens with one attached hydrogen (secondary N) is 2. The van der Waals surface area contributed by atoms with Crippen molar-refractivity contribution in [2.24, 2.45) is 0 Å². The van der Waals surface area contributed by atoms with Crippen LogP contribution in [0, 0.1) is 0 Å². The Labute approximate surface area is 160 Å². The lowest BCUT2D eigenvalue weighted by Crippen LogP contribution is -2.25. The van der Waals surface area contributed by atoms with Gasteiger partial charge in [-0.05, 0) is 31.0 Å². The van der Waals surface area contributed by atoms with Crippen LogP contribution in [0.15, 0.2) is 28.2 Å². The number of aromatic amines is 1. The zero-order chi connectivity index (χ0) is 19.4. The van der Waals surface area contributed by atoms with Gasteiger partial charge in [-0.1, -0.05) is 32.0 Å². The van der Waals surface area contributed by atoms with E-state index >= 15 is 0 Å². The molecule has 1 amide bonds. The van der Waals surface area contributed by atoms with Crippen LogP contribution in [0.25, 0.3) is 0 Å². The molecule has 0 spiro atoms. The van der Waals surface area contributed by atoms with Crippen LogP contribution < -0.4 is 15.6 Å². The molecule has 0 aliphatic carbocycles. The lowest BCUT2D eigenvalue weighted by atomic mass is 10.1. The number of thioether (sulfide) groups is 1. The summed E-state index contributed by atoms with van der Waals surface area (Å²) in [4.78, 5) is 43.4. The summed E-state index contributed by atoms with van der Waals surface area (Å²) in [6.45, 7) is 3.95. The third-order valence-corrected chi connectivity index (χ3v) is 5.07. The molecule has 0 atom stereocenters. The standard InChI is InChI=1S/C19H21N3O4S/c1-3-5-13-12(4-2)18(25)22-19(21-13)27-10-15(23)11-6-7-16-14(8-11)20-17(24)9-26-16/h6-8H,3-5,9-10H2,1-2H3,(H,20,24)(H,21,22,25). The van der Waals surface area contributed by atoms with Crippen LogP contribution in [0.5, 0.6) is 5.75 Å². The molecule has 1 aromatic carbocycles. The predicted octanol–water partition coefficient (Wildman–Crippen LogP) is 2.59. The van der Waals surface area contributed by atoms with Gasteiger partial charge >= 0.3 is 0 Å². The minimum Gasteiger partial charge on any atom is -0.482 e. The van der Waals surface area contributed by atoms with E-state index in [9.17, 15) is 14.4 Å². The Morgan fingerprint density at radius 3 is 2.85 bits per heavy atom. The maximum absolute atomic E-state index is 12.5. The fourth-order valence-electron chi connectivity index (χ4n) is 2.87. The van der Waals surface area contributed by atoms with Crippen molar-refractivity contribution in [1.82, 2.24) is 9.97 Å². The number of carbonyl (C=O) groups is 2. The van der Waals surface area contributed by atoms with E-state index in [4.69, 9.17) is 4.74 Å². The molecule has 3 rings (SSSR count). The maximum atomic E-state index is 12.5. The summed E-state index contributed by atoms with van der Waals surface area (Å²) in [5.74, 6) is 0.307. The van der Waals surface area contributed by atoms with E-state index in [2.05, 4.69) is 15.3 Å². The second-order valence-electron chi connectivity index (χ2n) is 6.16. The molecule has 2 aromatic rings. The first-order valence-corrected chi connectivity index (χ1v) is 9.85. The molecule has 1 aliphatic rings. The Kier molecular flexibility index (Phi) is 5.95. The number of benzene rings is 1. The number of Topliss-reactive ketones (excluding diaryl/α,β-unsaturated/α-hetero) is 1. The van der Waals surface area contributed by atoms with Gasteiger partial charge in [0.2, 0.25) is 0 Å². The van der Waals surface area contributed by atoms with Crippen molar-refractivity contribution in [2.75, 3.05) is 17.7 Å². The normalized spacial score (nSPS) is 12.9. The number of H-pyrrole nitrogens is 1. The summed E-state index contributed by atoms with van der Waals surface area (Å²) in [5.41, 5.74) is 2.32. The molecule has 1 aliphatic heterocycles. The van der Waals surface area contributed by atoms with Gasteiger partial charge in [-0.15, -0.1) is 0 Å². The van der Waals surface area contributed by atoms with Crippen molar-refractivity contribution in [3.8, 4) is 5.75 Å². The monoisotopic (exact) mass is 387 g/mol. The van der Waals surface area contributed by atoms with Crippen molar-refractivity contribution in [3.63, 3.8) is 0 Å². The van der Waals surface area contributed by atoms with Gasteiger partial charge in [0.25, 0.3) is 11.5 Å². The van der Waals surface area contributed by atoms with Gasteiger partial charge in [-0.25, -0.2) is 4.98 Å². The largest absolute Gasteiger partial charge is 0.482 e. The highest BCUT2D eigenvalue weighted by atomic mass is 32.2. The molecule has 0 unspecified atom stereocenters. The lowest BCUT2D eigenvalue weighted by molar-refractivity contribution is -0.118. The van der Waals surface area contributed by atoms with Crippen LogP contribution in [0.4, 0.5) is 5.69 Å². The molecule has 8 heteroatoms. The number of anilines is 1. The highest BCUT2D eigenvalue weighted by Crippen LogP contribution is 2.29. The number of hydrogen-bond acceptors (Lipinski definition) is 6. The number of amides is 1. The number of ketones is 1. The molecule has 0 radical (unpaired) electrons. The smallest absolute Gasteiger partial charge is 0.262 e. The van der Waals surface area contributed by atoms with Crippen LogP contribution in [-0.4, -0.2) is 34.0 Å². The number of ether oxygens (including phenoxy) is 1. The Hall–Kier alpha value is -2.61. The summed E-state index contributed by atoms with van der Waals surface area (Å²) < 4.78 is 5.29. The molecule has 2 heterocycles. The second kappa shape index (κ2) is 8.39. The first-order valence-electron chi connectivity index (χ1n) is 8.86. The molecule has 142 valence electrons. The Bertz CT molecular complexity index is 939. The summed E-state index contributed by atoms with van der Waals surface area (Å²) in [6, 6.07) is 4.94. The number of fused-ring (bicyclic) bond motifs is 1. The van der Waals surface area contributed by atoms with Crippen molar-refractivity contribution in [3.05, 3.63) is 45.4 Å². The van der Waals surface area contributed by atoms with Gasteiger partial charge in [0.05, 0.1) is 17.1 Å². The van der Waals surface area contributed by atoms with Crippen molar-refractivity contribution in [1.29, 1.82) is 0 Å². The Balaban J connectivity index is 1.73. The number of rotatable bonds is 7. The van der Waals surface area contributed by atoms with E-state index in [0.29, 0.717) is 34.1 Å².